The second-order valence-corrected chi connectivity index (χ2v) is 7.30. The minimum absolute atomic E-state index is 0.0170. The van der Waals surface area contributed by atoms with Gasteiger partial charge in [-0.15, -0.1) is 0 Å². The summed E-state index contributed by atoms with van der Waals surface area (Å²) in [5.74, 6) is -3.00. The molecule has 0 spiro atoms. The molecule has 0 saturated carbocycles. The number of ether oxygens (including phenoxy) is 2. The van der Waals surface area contributed by atoms with Crippen LogP contribution in [0.15, 0.2) is 42.0 Å². The van der Waals surface area contributed by atoms with E-state index in [-0.39, 0.29) is 34.2 Å². The van der Waals surface area contributed by atoms with Gasteiger partial charge in [0.2, 0.25) is 0 Å². The maximum absolute atomic E-state index is 13.9. The van der Waals surface area contributed by atoms with Gasteiger partial charge in [-0.25, -0.2) is 4.39 Å². The number of aliphatic hydroxyl groups excluding tert-OH is 1. The minimum atomic E-state index is -0.997. The second-order valence-electron chi connectivity index (χ2n) is 6.89. The molecule has 1 saturated heterocycles. The highest BCUT2D eigenvalue weighted by Gasteiger charge is 2.46. The van der Waals surface area contributed by atoms with Crippen LogP contribution >= 0.6 is 11.6 Å². The summed E-state index contributed by atoms with van der Waals surface area (Å²) in [7, 11) is 2.85. The smallest absolute Gasteiger partial charge is 0.295 e. The molecule has 1 atom stereocenters. The molecule has 164 valence electrons. The maximum atomic E-state index is 13.9. The second kappa shape index (κ2) is 9.36. The molecule has 1 aliphatic heterocycles. The molecule has 0 aliphatic carbocycles. The van der Waals surface area contributed by atoms with Crippen LogP contribution in [0.3, 0.4) is 0 Å². The third-order valence-electron chi connectivity index (χ3n) is 4.99. The van der Waals surface area contributed by atoms with Crippen molar-refractivity contribution in [2.45, 2.75) is 12.5 Å². The summed E-state index contributed by atoms with van der Waals surface area (Å²) in [5, 5.41) is 20.8. The SMILES string of the molecule is COCCCN1C(=O)C(=O)/C(=C(/O)c2cc(F)ccc2OC)C1c1ccc(O)c(Cl)c1. The molecule has 0 aromatic heterocycles. The summed E-state index contributed by atoms with van der Waals surface area (Å²) in [6.45, 7) is 0.516. The van der Waals surface area contributed by atoms with E-state index in [1.165, 1.54) is 43.4 Å². The van der Waals surface area contributed by atoms with Crippen molar-refractivity contribution in [3.8, 4) is 11.5 Å². The van der Waals surface area contributed by atoms with E-state index < -0.39 is 29.3 Å². The highest BCUT2D eigenvalue weighted by Crippen LogP contribution is 2.42. The predicted octanol–water partition coefficient (Wildman–Crippen LogP) is 3.65. The average Bonchev–Trinajstić information content (AvgIpc) is 3.00. The van der Waals surface area contributed by atoms with Gasteiger partial charge in [0.1, 0.15) is 23.1 Å². The fourth-order valence-corrected chi connectivity index (χ4v) is 3.73. The summed E-state index contributed by atoms with van der Waals surface area (Å²) >= 11 is 6.05. The first-order valence-corrected chi connectivity index (χ1v) is 9.77. The van der Waals surface area contributed by atoms with Gasteiger partial charge >= 0.3 is 0 Å². The first-order valence-electron chi connectivity index (χ1n) is 9.39. The molecule has 0 bridgehead atoms. The monoisotopic (exact) mass is 449 g/mol. The fraction of sp³-hybridized carbons (Fsp3) is 0.273. The van der Waals surface area contributed by atoms with Crippen molar-refractivity contribution in [1.29, 1.82) is 0 Å². The third-order valence-corrected chi connectivity index (χ3v) is 5.29. The van der Waals surface area contributed by atoms with Crippen molar-refractivity contribution in [1.82, 2.24) is 4.90 Å². The van der Waals surface area contributed by atoms with Gasteiger partial charge in [0, 0.05) is 20.3 Å². The van der Waals surface area contributed by atoms with Crippen LogP contribution in [-0.4, -0.2) is 54.2 Å². The number of hydrogen-bond donors (Lipinski definition) is 2. The maximum Gasteiger partial charge on any atom is 0.295 e. The lowest BCUT2D eigenvalue weighted by atomic mass is 9.94. The van der Waals surface area contributed by atoms with E-state index >= 15 is 0 Å². The lowest BCUT2D eigenvalue weighted by Crippen LogP contribution is -2.31. The Bertz CT molecular complexity index is 1050. The number of amides is 1. The van der Waals surface area contributed by atoms with Crippen LogP contribution in [0.2, 0.25) is 5.02 Å². The molecule has 31 heavy (non-hydrogen) atoms. The zero-order valence-electron chi connectivity index (χ0n) is 16.9. The van der Waals surface area contributed by atoms with Crippen LogP contribution < -0.4 is 4.74 Å². The third kappa shape index (κ3) is 4.35. The van der Waals surface area contributed by atoms with Gasteiger partial charge in [-0.1, -0.05) is 17.7 Å². The van der Waals surface area contributed by atoms with Crippen LogP contribution in [0.1, 0.15) is 23.6 Å². The molecular weight excluding hydrogens is 429 g/mol. The summed E-state index contributed by atoms with van der Waals surface area (Å²) < 4.78 is 24.1. The van der Waals surface area contributed by atoms with Crippen molar-refractivity contribution in [3.63, 3.8) is 0 Å². The number of phenolic OH excluding ortho intramolecular Hbond substituents is 1. The van der Waals surface area contributed by atoms with Crippen molar-refractivity contribution >= 4 is 29.1 Å². The topological polar surface area (TPSA) is 96.3 Å². The number of carbonyl (C=O) groups is 2. The minimum Gasteiger partial charge on any atom is -0.507 e. The number of aromatic hydroxyl groups is 1. The van der Waals surface area contributed by atoms with Gasteiger partial charge in [0.05, 0.1) is 29.3 Å². The largest absolute Gasteiger partial charge is 0.507 e. The zero-order chi connectivity index (χ0) is 22.7. The Morgan fingerprint density at radius 2 is 1.94 bits per heavy atom. The van der Waals surface area contributed by atoms with Gasteiger partial charge in [0.15, 0.2) is 0 Å². The Morgan fingerprint density at radius 1 is 1.19 bits per heavy atom. The number of hydrogen-bond acceptors (Lipinski definition) is 6. The Labute approximate surface area is 183 Å². The first-order chi connectivity index (χ1) is 14.8. The van der Waals surface area contributed by atoms with Crippen LogP contribution in [0, 0.1) is 5.82 Å². The van der Waals surface area contributed by atoms with E-state index in [1.54, 1.807) is 0 Å². The molecular formula is C22H21ClFNO6. The Hall–Kier alpha value is -3.10. The van der Waals surface area contributed by atoms with E-state index in [9.17, 15) is 24.2 Å². The lowest BCUT2D eigenvalue weighted by Gasteiger charge is -2.25. The molecule has 7 nitrogen and oxygen atoms in total. The number of ketones is 1. The lowest BCUT2D eigenvalue weighted by molar-refractivity contribution is -0.140. The number of aliphatic hydroxyl groups is 1. The van der Waals surface area contributed by atoms with Gasteiger partial charge < -0.3 is 24.6 Å². The molecule has 1 amide bonds. The van der Waals surface area contributed by atoms with Gasteiger partial charge in [-0.05, 0) is 42.3 Å². The molecule has 9 heteroatoms. The zero-order valence-corrected chi connectivity index (χ0v) is 17.6. The van der Waals surface area contributed by atoms with E-state index in [1.807, 2.05) is 0 Å². The number of rotatable bonds is 7. The molecule has 1 unspecified atom stereocenters. The quantitative estimate of drug-likeness (QED) is 0.290. The normalized spacial score (nSPS) is 17.9. The van der Waals surface area contributed by atoms with Crippen LogP contribution in [0.4, 0.5) is 4.39 Å². The van der Waals surface area contributed by atoms with Crippen molar-refractivity contribution in [2.24, 2.45) is 0 Å². The van der Waals surface area contributed by atoms with E-state index in [4.69, 9.17) is 21.1 Å². The molecule has 0 radical (unpaired) electrons. The summed E-state index contributed by atoms with van der Waals surface area (Å²) in [4.78, 5) is 27.0. The predicted molar refractivity (Wildman–Crippen MR) is 112 cm³/mol. The molecule has 2 N–H and O–H groups in total. The number of halogens is 2. The summed E-state index contributed by atoms with van der Waals surface area (Å²) in [5.41, 5.74) is 0.108. The number of carbonyl (C=O) groups excluding carboxylic acids is 2. The Kier molecular flexibility index (Phi) is 6.82. The van der Waals surface area contributed by atoms with Gasteiger partial charge in [-0.2, -0.15) is 0 Å². The molecule has 1 aliphatic rings. The number of nitrogens with zero attached hydrogens (tertiary/aromatic N) is 1. The highest BCUT2D eigenvalue weighted by atomic mass is 35.5. The van der Waals surface area contributed by atoms with Gasteiger partial charge in [-0.3, -0.25) is 9.59 Å². The standard InChI is InChI=1S/C22H21ClFNO6/c1-30-9-3-8-25-19(12-4-6-16(26)15(23)10-12)18(21(28)22(25)29)20(27)14-11-13(24)5-7-17(14)31-2/h4-7,10-11,19,26-27H,3,8-9H2,1-2H3/b20-18+. The molecule has 1 fully saturated rings. The van der Waals surface area contributed by atoms with E-state index in [2.05, 4.69) is 0 Å². The summed E-state index contributed by atoms with van der Waals surface area (Å²) in [6, 6.07) is 6.72. The Balaban J connectivity index is 2.21. The van der Waals surface area contributed by atoms with Crippen LogP contribution in [-0.2, 0) is 14.3 Å². The average molecular weight is 450 g/mol. The molecule has 2 aromatic carbocycles. The molecule has 3 rings (SSSR count). The first kappa shape index (κ1) is 22.6. The van der Waals surface area contributed by atoms with Crippen molar-refractivity contribution in [2.75, 3.05) is 27.4 Å². The summed E-state index contributed by atoms with van der Waals surface area (Å²) in [6.07, 6.45) is 0.440. The van der Waals surface area contributed by atoms with Crippen molar-refractivity contribution < 1.29 is 33.7 Å². The Morgan fingerprint density at radius 3 is 2.58 bits per heavy atom. The number of likely N-dealkylation sites (tertiary alicyclic amines) is 1. The highest BCUT2D eigenvalue weighted by molar-refractivity contribution is 6.46. The van der Waals surface area contributed by atoms with Crippen LogP contribution in [0.25, 0.3) is 5.76 Å². The number of phenols is 1. The number of benzene rings is 2. The number of methoxy groups -OCH3 is 2. The molecule has 1 heterocycles. The van der Waals surface area contributed by atoms with Crippen LogP contribution in [0.5, 0.6) is 11.5 Å². The van der Waals surface area contributed by atoms with Gasteiger partial charge in [0.25, 0.3) is 11.7 Å². The number of Topliss-reactive ketones (excluding diaryl/α,β-unsaturated/α-hetero) is 1. The van der Waals surface area contributed by atoms with Crippen molar-refractivity contribution in [3.05, 3.63) is 63.9 Å². The van der Waals surface area contributed by atoms with E-state index in [0.29, 0.717) is 18.6 Å². The molecule has 2 aromatic rings. The fourth-order valence-electron chi connectivity index (χ4n) is 3.54. The van der Waals surface area contributed by atoms with E-state index in [0.717, 1.165) is 12.1 Å².